The second-order valence-corrected chi connectivity index (χ2v) is 8.60. The lowest BCUT2D eigenvalue weighted by atomic mass is 10.2. The van der Waals surface area contributed by atoms with E-state index in [0.29, 0.717) is 5.69 Å². The van der Waals surface area contributed by atoms with Crippen LogP contribution in [0.15, 0.2) is 57.4 Å². The maximum atomic E-state index is 12.1. The lowest BCUT2D eigenvalue weighted by Crippen LogP contribution is -2.25. The molecule has 0 saturated heterocycles. The number of carbonyl (C=O) groups excluding carboxylic acids is 1. The number of nitrogens with one attached hydrogen (secondary N) is 1. The van der Waals surface area contributed by atoms with Crippen molar-refractivity contribution < 1.29 is 22.4 Å². The largest absolute Gasteiger partial charge is 0.453 e. The van der Waals surface area contributed by atoms with Gasteiger partial charge in [-0.15, -0.1) is 11.3 Å². The number of carbonyl (C=O) groups is 1. The molecule has 2 aromatic heterocycles. The van der Waals surface area contributed by atoms with Crippen LogP contribution in [0.3, 0.4) is 0 Å². The molecule has 27 heavy (non-hydrogen) atoms. The number of aromatic nitrogens is 1. The zero-order valence-electron chi connectivity index (χ0n) is 14.1. The third kappa shape index (κ3) is 4.26. The Kier molecular flexibility index (Phi) is 4.81. The average Bonchev–Trinajstić information content (AvgIpc) is 3.16. The van der Waals surface area contributed by atoms with Gasteiger partial charge in [-0.3, -0.25) is 0 Å². The van der Waals surface area contributed by atoms with Crippen molar-refractivity contribution >= 4 is 27.3 Å². The number of hydrogen-bond acceptors (Lipinski definition) is 7. The number of ether oxygens (including phenoxy) is 1. The fraction of sp³-hybridized carbons (Fsp3) is 0.222. The predicted molar refractivity (Wildman–Crippen MR) is 98.7 cm³/mol. The Hall–Kier alpha value is -2.49. The minimum absolute atomic E-state index is 0.0225. The van der Waals surface area contributed by atoms with E-state index in [-0.39, 0.29) is 23.5 Å². The minimum atomic E-state index is -3.74. The van der Waals surface area contributed by atoms with Crippen LogP contribution in [-0.2, 0) is 21.4 Å². The molecule has 0 radical (unpaired) electrons. The first-order valence-electron chi connectivity index (χ1n) is 8.30. The van der Waals surface area contributed by atoms with Crippen molar-refractivity contribution in [3.63, 3.8) is 0 Å². The average molecular weight is 404 g/mol. The van der Waals surface area contributed by atoms with E-state index in [1.807, 2.05) is 35.7 Å². The molecule has 1 N–H and O–H groups in total. The molecule has 9 heteroatoms. The maximum Gasteiger partial charge on any atom is 0.374 e. The molecular formula is C18H16N2O5S2. The van der Waals surface area contributed by atoms with Crippen LogP contribution < -0.4 is 4.72 Å². The maximum absolute atomic E-state index is 12.1. The molecule has 0 aliphatic heterocycles. The summed E-state index contributed by atoms with van der Waals surface area (Å²) in [4.78, 5) is 16.5. The summed E-state index contributed by atoms with van der Waals surface area (Å²) in [5.41, 5.74) is 1.60. The van der Waals surface area contributed by atoms with Gasteiger partial charge in [0.05, 0.1) is 5.69 Å². The Morgan fingerprint density at radius 1 is 1.22 bits per heavy atom. The quantitative estimate of drug-likeness (QED) is 0.607. The Balaban J connectivity index is 1.38. The highest BCUT2D eigenvalue weighted by Gasteiger charge is 2.30. The van der Waals surface area contributed by atoms with Gasteiger partial charge in [-0.2, -0.15) is 0 Å². The molecule has 0 bridgehead atoms. The van der Waals surface area contributed by atoms with Crippen LogP contribution in [0.2, 0.25) is 0 Å². The van der Waals surface area contributed by atoms with E-state index in [9.17, 15) is 13.2 Å². The highest BCUT2D eigenvalue weighted by Crippen LogP contribution is 2.25. The summed E-state index contributed by atoms with van der Waals surface area (Å²) in [7, 11) is -3.74. The number of esters is 1. The second kappa shape index (κ2) is 7.26. The van der Waals surface area contributed by atoms with Crippen molar-refractivity contribution in [1.82, 2.24) is 9.71 Å². The molecule has 1 aromatic carbocycles. The van der Waals surface area contributed by atoms with Crippen LogP contribution >= 0.6 is 11.3 Å². The van der Waals surface area contributed by atoms with Crippen LogP contribution in [0, 0.1) is 0 Å². The van der Waals surface area contributed by atoms with Crippen molar-refractivity contribution in [2.75, 3.05) is 0 Å². The number of furan rings is 1. The summed E-state index contributed by atoms with van der Waals surface area (Å²) >= 11 is 1.46. The molecule has 0 unspecified atom stereocenters. The highest BCUT2D eigenvalue weighted by molar-refractivity contribution is 7.89. The van der Waals surface area contributed by atoms with Crippen molar-refractivity contribution in [3.05, 3.63) is 59.3 Å². The van der Waals surface area contributed by atoms with Gasteiger partial charge in [-0.05, 0) is 25.0 Å². The molecular weight excluding hydrogens is 388 g/mol. The number of rotatable bonds is 7. The molecule has 0 spiro atoms. The van der Waals surface area contributed by atoms with Gasteiger partial charge in [-0.25, -0.2) is 22.9 Å². The number of sulfonamides is 1. The normalized spacial score (nSPS) is 14.2. The van der Waals surface area contributed by atoms with E-state index < -0.39 is 16.0 Å². The van der Waals surface area contributed by atoms with Gasteiger partial charge in [0.2, 0.25) is 10.9 Å². The lowest BCUT2D eigenvalue weighted by Gasteiger charge is -2.02. The SMILES string of the molecule is O=C(OCc1csc(-c2ccccc2)n1)c1ccc(S(=O)(=O)NC2CC2)o1. The summed E-state index contributed by atoms with van der Waals surface area (Å²) in [6, 6.07) is 12.2. The number of benzene rings is 1. The second-order valence-electron chi connectivity index (χ2n) is 6.10. The molecule has 0 amide bonds. The minimum Gasteiger partial charge on any atom is -0.453 e. The van der Waals surface area contributed by atoms with Crippen LogP contribution in [0.5, 0.6) is 0 Å². The molecule has 7 nitrogen and oxygen atoms in total. The van der Waals surface area contributed by atoms with Crippen LogP contribution in [0.25, 0.3) is 10.6 Å². The van der Waals surface area contributed by atoms with Gasteiger partial charge in [0.25, 0.3) is 10.0 Å². The Morgan fingerprint density at radius 3 is 2.74 bits per heavy atom. The van der Waals surface area contributed by atoms with E-state index in [1.165, 1.54) is 23.5 Å². The summed E-state index contributed by atoms with van der Waals surface area (Å²) < 4.78 is 37.0. The van der Waals surface area contributed by atoms with Crippen LogP contribution in [-0.4, -0.2) is 25.4 Å². The van der Waals surface area contributed by atoms with Gasteiger partial charge >= 0.3 is 5.97 Å². The van der Waals surface area contributed by atoms with Crippen molar-refractivity contribution in [2.45, 2.75) is 30.6 Å². The monoisotopic (exact) mass is 404 g/mol. The van der Waals surface area contributed by atoms with Crippen molar-refractivity contribution in [1.29, 1.82) is 0 Å². The van der Waals surface area contributed by atoms with Crippen molar-refractivity contribution in [2.24, 2.45) is 0 Å². The summed E-state index contributed by atoms with van der Waals surface area (Å²) in [6.07, 6.45) is 1.63. The molecule has 1 fully saturated rings. The van der Waals surface area contributed by atoms with E-state index >= 15 is 0 Å². The fourth-order valence-corrected chi connectivity index (χ4v) is 4.40. The summed E-state index contributed by atoms with van der Waals surface area (Å²) in [6.45, 7) is -0.0225. The molecule has 0 atom stereocenters. The molecule has 1 aliphatic rings. The smallest absolute Gasteiger partial charge is 0.374 e. The van der Waals surface area contributed by atoms with E-state index in [1.54, 1.807) is 0 Å². The number of hydrogen-bond donors (Lipinski definition) is 1. The zero-order chi connectivity index (χ0) is 18.9. The van der Waals surface area contributed by atoms with Gasteiger partial charge in [0.1, 0.15) is 11.6 Å². The predicted octanol–water partition coefficient (Wildman–Crippen LogP) is 3.20. The summed E-state index contributed by atoms with van der Waals surface area (Å²) in [5, 5.41) is 2.35. The standard InChI is InChI=1S/C18H16N2O5S2/c21-18(15-8-9-16(25-15)27(22,23)20-13-6-7-13)24-10-14-11-26-17(19-14)12-4-2-1-3-5-12/h1-5,8-9,11,13,20H,6-7,10H2. The molecule has 3 aromatic rings. The first kappa shape index (κ1) is 17.9. The Bertz CT molecular complexity index is 1050. The van der Waals surface area contributed by atoms with E-state index in [0.717, 1.165) is 23.4 Å². The summed E-state index contributed by atoms with van der Waals surface area (Å²) in [5.74, 6) is -0.901. The van der Waals surface area contributed by atoms with Gasteiger partial charge in [0, 0.05) is 17.0 Å². The van der Waals surface area contributed by atoms with Gasteiger partial charge < -0.3 is 9.15 Å². The van der Waals surface area contributed by atoms with E-state index in [4.69, 9.17) is 9.15 Å². The topological polar surface area (TPSA) is 98.5 Å². The Labute approximate surface area is 160 Å². The molecule has 4 rings (SSSR count). The van der Waals surface area contributed by atoms with Gasteiger partial charge in [-0.1, -0.05) is 30.3 Å². The number of thiazole rings is 1. The highest BCUT2D eigenvalue weighted by atomic mass is 32.2. The third-order valence-corrected chi connectivity index (χ3v) is 6.20. The van der Waals surface area contributed by atoms with E-state index in [2.05, 4.69) is 9.71 Å². The molecule has 2 heterocycles. The van der Waals surface area contributed by atoms with Gasteiger partial charge in [0.15, 0.2) is 0 Å². The fourth-order valence-electron chi connectivity index (χ4n) is 2.35. The first-order valence-corrected chi connectivity index (χ1v) is 10.7. The number of nitrogens with zero attached hydrogens (tertiary/aromatic N) is 1. The van der Waals surface area contributed by atoms with Crippen LogP contribution in [0.4, 0.5) is 0 Å². The zero-order valence-corrected chi connectivity index (χ0v) is 15.8. The first-order chi connectivity index (χ1) is 13.0. The van der Waals surface area contributed by atoms with Crippen LogP contribution in [0.1, 0.15) is 29.1 Å². The lowest BCUT2D eigenvalue weighted by molar-refractivity contribution is 0.0426. The molecule has 140 valence electrons. The van der Waals surface area contributed by atoms with Crippen molar-refractivity contribution in [3.8, 4) is 10.6 Å². The molecule has 1 saturated carbocycles. The molecule has 1 aliphatic carbocycles. The Morgan fingerprint density at radius 2 is 2.00 bits per heavy atom. The third-order valence-electron chi connectivity index (χ3n) is 3.87.